The minimum absolute atomic E-state index is 0.167. The number of thiophene rings is 1. The molecule has 0 spiro atoms. The highest BCUT2D eigenvalue weighted by atomic mass is 35.5. The van der Waals surface area contributed by atoms with Crippen LogP contribution >= 0.6 is 22.9 Å². The molecule has 2 N–H and O–H groups in total. The Labute approximate surface area is 120 Å². The second-order valence-corrected chi connectivity index (χ2v) is 7.16. The van der Waals surface area contributed by atoms with Crippen molar-refractivity contribution in [2.75, 3.05) is 6.54 Å². The van der Waals surface area contributed by atoms with Crippen molar-refractivity contribution in [3.05, 3.63) is 21.3 Å². The summed E-state index contributed by atoms with van der Waals surface area (Å²) in [5.41, 5.74) is -0.442. The summed E-state index contributed by atoms with van der Waals surface area (Å²) in [6.07, 6.45) is 0.716. The minimum Gasteiger partial charge on any atom is -0.481 e. The smallest absolute Gasteiger partial charge is 0.307 e. The number of rotatable bonds is 5. The van der Waals surface area contributed by atoms with Crippen LogP contribution < -0.4 is 5.32 Å². The van der Waals surface area contributed by atoms with E-state index in [0.717, 1.165) is 9.21 Å². The van der Waals surface area contributed by atoms with Crippen LogP contribution in [0.5, 0.6) is 0 Å². The molecule has 2 atom stereocenters. The van der Waals surface area contributed by atoms with Gasteiger partial charge in [0.25, 0.3) is 0 Å². The number of aliphatic carboxylic acids is 1. The van der Waals surface area contributed by atoms with Gasteiger partial charge < -0.3 is 10.4 Å². The number of hydrogen-bond acceptors (Lipinski definition) is 3. The van der Waals surface area contributed by atoms with Crippen LogP contribution in [-0.4, -0.2) is 23.5 Å². The largest absolute Gasteiger partial charge is 0.481 e. The lowest BCUT2D eigenvalue weighted by atomic mass is 10.1. The molecular weight excluding hydrogens is 286 g/mol. The molecule has 1 heterocycles. The number of amides is 1. The molecule has 6 heteroatoms. The van der Waals surface area contributed by atoms with Crippen molar-refractivity contribution in [3.63, 3.8) is 0 Å². The van der Waals surface area contributed by atoms with Crippen LogP contribution in [0, 0.1) is 17.3 Å². The van der Waals surface area contributed by atoms with Crippen LogP contribution in [0.1, 0.15) is 18.7 Å². The van der Waals surface area contributed by atoms with Gasteiger partial charge in [-0.05, 0) is 24.0 Å². The van der Waals surface area contributed by atoms with Gasteiger partial charge in [-0.1, -0.05) is 25.4 Å². The Balaban J connectivity index is 1.81. The summed E-state index contributed by atoms with van der Waals surface area (Å²) in [6, 6.07) is 3.76. The van der Waals surface area contributed by atoms with Crippen LogP contribution in [0.4, 0.5) is 0 Å². The summed E-state index contributed by atoms with van der Waals surface area (Å²) < 4.78 is 0.732. The summed E-state index contributed by atoms with van der Waals surface area (Å²) >= 11 is 7.31. The Morgan fingerprint density at radius 3 is 2.58 bits per heavy atom. The molecule has 2 rings (SSSR count). The van der Waals surface area contributed by atoms with E-state index in [-0.39, 0.29) is 5.91 Å². The fourth-order valence-corrected chi connectivity index (χ4v) is 3.58. The molecule has 0 saturated heterocycles. The molecular formula is C13H16ClNO3S. The number of carbonyl (C=O) groups excluding carboxylic acids is 1. The average Bonchev–Trinajstić information content (AvgIpc) is 2.65. The molecule has 19 heavy (non-hydrogen) atoms. The molecule has 1 saturated carbocycles. The van der Waals surface area contributed by atoms with Crippen molar-refractivity contribution >= 4 is 34.8 Å². The second-order valence-electron chi connectivity index (χ2n) is 5.36. The second kappa shape index (κ2) is 5.13. The maximum atomic E-state index is 11.9. The highest BCUT2D eigenvalue weighted by Crippen LogP contribution is 2.58. The summed E-state index contributed by atoms with van der Waals surface area (Å²) in [5.74, 6) is -2.05. The first-order valence-electron chi connectivity index (χ1n) is 6.08. The quantitative estimate of drug-likeness (QED) is 0.878. The predicted molar refractivity (Wildman–Crippen MR) is 74.4 cm³/mol. The van der Waals surface area contributed by atoms with Gasteiger partial charge in [-0.3, -0.25) is 9.59 Å². The van der Waals surface area contributed by atoms with Gasteiger partial charge in [-0.2, -0.15) is 0 Å². The number of hydrogen-bond donors (Lipinski definition) is 2. The number of halogens is 1. The summed E-state index contributed by atoms with van der Waals surface area (Å²) in [5, 5.41) is 11.8. The molecule has 1 aliphatic rings. The highest BCUT2D eigenvalue weighted by Gasteiger charge is 2.65. The van der Waals surface area contributed by atoms with E-state index in [1.807, 2.05) is 26.0 Å². The molecule has 4 nitrogen and oxygen atoms in total. The summed E-state index contributed by atoms with van der Waals surface area (Å²) in [7, 11) is 0. The normalized spacial score (nSPS) is 23.9. The average molecular weight is 302 g/mol. The topological polar surface area (TPSA) is 66.4 Å². The summed E-state index contributed by atoms with van der Waals surface area (Å²) in [4.78, 5) is 24.0. The molecule has 0 aromatic carbocycles. The lowest BCUT2D eigenvalue weighted by molar-refractivity contribution is -0.140. The van der Waals surface area contributed by atoms with Crippen LogP contribution in [0.25, 0.3) is 0 Å². The van der Waals surface area contributed by atoms with Gasteiger partial charge in [0.1, 0.15) is 0 Å². The molecule has 1 fully saturated rings. The molecule has 1 aliphatic carbocycles. The maximum absolute atomic E-state index is 11.9. The standard InChI is InChI=1S/C13H16ClNO3S/c1-13(2)9(10(13)12(17)18)11(16)15-6-5-7-3-4-8(14)19-7/h3-4,9-10H,5-6H2,1-2H3,(H,15,16)(H,17,18). The van der Waals surface area contributed by atoms with Gasteiger partial charge in [0.15, 0.2) is 0 Å². The first kappa shape index (κ1) is 14.3. The van der Waals surface area contributed by atoms with Gasteiger partial charge in [0, 0.05) is 11.4 Å². The fourth-order valence-electron chi connectivity index (χ4n) is 2.49. The zero-order chi connectivity index (χ0) is 14.2. The third kappa shape index (κ3) is 2.92. The van der Waals surface area contributed by atoms with E-state index >= 15 is 0 Å². The zero-order valence-electron chi connectivity index (χ0n) is 10.8. The summed E-state index contributed by atoms with van der Waals surface area (Å²) in [6.45, 7) is 4.14. The van der Waals surface area contributed by atoms with E-state index in [4.69, 9.17) is 16.7 Å². The molecule has 1 aromatic rings. The van der Waals surface area contributed by atoms with Gasteiger partial charge in [0.05, 0.1) is 16.2 Å². The Kier molecular flexibility index (Phi) is 3.87. The van der Waals surface area contributed by atoms with Crippen LogP contribution in [0.15, 0.2) is 12.1 Å². The lowest BCUT2D eigenvalue weighted by Crippen LogP contribution is -2.29. The lowest BCUT2D eigenvalue weighted by Gasteiger charge is -2.04. The Hall–Kier alpha value is -1.07. The first-order chi connectivity index (χ1) is 8.84. The third-order valence-electron chi connectivity index (χ3n) is 3.68. The fraction of sp³-hybridized carbons (Fsp3) is 0.538. The van der Waals surface area contributed by atoms with E-state index in [1.165, 1.54) is 11.3 Å². The van der Waals surface area contributed by atoms with E-state index in [1.54, 1.807) is 0 Å². The molecule has 0 radical (unpaired) electrons. The van der Waals surface area contributed by atoms with E-state index in [0.29, 0.717) is 13.0 Å². The van der Waals surface area contributed by atoms with E-state index < -0.39 is 23.2 Å². The molecule has 0 bridgehead atoms. The van der Waals surface area contributed by atoms with Crippen molar-refractivity contribution in [2.45, 2.75) is 20.3 Å². The van der Waals surface area contributed by atoms with E-state index in [9.17, 15) is 9.59 Å². The Morgan fingerprint density at radius 1 is 1.42 bits per heavy atom. The highest BCUT2D eigenvalue weighted by molar-refractivity contribution is 7.16. The van der Waals surface area contributed by atoms with Crippen molar-refractivity contribution in [3.8, 4) is 0 Å². The molecule has 1 amide bonds. The number of carboxylic acids is 1. The van der Waals surface area contributed by atoms with Crippen molar-refractivity contribution in [1.82, 2.24) is 5.32 Å². The van der Waals surface area contributed by atoms with Crippen molar-refractivity contribution < 1.29 is 14.7 Å². The monoisotopic (exact) mass is 301 g/mol. The predicted octanol–water partition coefficient (Wildman–Crippen LogP) is 2.42. The third-order valence-corrected chi connectivity index (χ3v) is 4.97. The minimum atomic E-state index is -0.893. The molecule has 2 unspecified atom stereocenters. The maximum Gasteiger partial charge on any atom is 0.307 e. The van der Waals surface area contributed by atoms with Crippen LogP contribution in [0.3, 0.4) is 0 Å². The zero-order valence-corrected chi connectivity index (χ0v) is 12.3. The van der Waals surface area contributed by atoms with Crippen molar-refractivity contribution in [1.29, 1.82) is 0 Å². The number of carbonyl (C=O) groups is 2. The van der Waals surface area contributed by atoms with Crippen LogP contribution in [-0.2, 0) is 16.0 Å². The van der Waals surface area contributed by atoms with Gasteiger partial charge >= 0.3 is 5.97 Å². The van der Waals surface area contributed by atoms with Gasteiger partial charge in [-0.25, -0.2) is 0 Å². The Morgan fingerprint density at radius 2 is 2.11 bits per heavy atom. The van der Waals surface area contributed by atoms with Gasteiger partial charge in [-0.15, -0.1) is 11.3 Å². The van der Waals surface area contributed by atoms with Crippen LogP contribution in [0.2, 0.25) is 4.34 Å². The molecule has 104 valence electrons. The Bertz CT molecular complexity index is 512. The first-order valence-corrected chi connectivity index (χ1v) is 7.28. The number of nitrogens with one attached hydrogen (secondary N) is 1. The molecule has 1 aromatic heterocycles. The number of carboxylic acid groups (broad SMARTS) is 1. The SMILES string of the molecule is CC1(C)C(C(=O)O)C1C(=O)NCCc1ccc(Cl)s1. The van der Waals surface area contributed by atoms with E-state index in [2.05, 4.69) is 5.32 Å². The van der Waals surface area contributed by atoms with Gasteiger partial charge in [0.2, 0.25) is 5.91 Å². The van der Waals surface area contributed by atoms with Crippen molar-refractivity contribution in [2.24, 2.45) is 17.3 Å². The molecule has 0 aliphatic heterocycles.